The normalized spacial score (nSPS) is 19.7. The Hall–Kier alpha value is -2.83. The van der Waals surface area contributed by atoms with Gasteiger partial charge in [0.2, 0.25) is 5.95 Å². The maximum absolute atomic E-state index is 14.7. The molecule has 0 saturated heterocycles. The summed E-state index contributed by atoms with van der Waals surface area (Å²) in [7, 11) is 1.71. The average molecular weight is 381 g/mol. The smallest absolute Gasteiger partial charge is 0.224 e. The minimum absolute atomic E-state index is 0.0344. The Labute approximate surface area is 163 Å². The van der Waals surface area contributed by atoms with Crippen molar-refractivity contribution in [3.05, 3.63) is 47.4 Å². The Morgan fingerprint density at radius 3 is 2.71 bits per heavy atom. The van der Waals surface area contributed by atoms with Crippen molar-refractivity contribution in [3.63, 3.8) is 0 Å². The van der Waals surface area contributed by atoms with Gasteiger partial charge < -0.3 is 10.3 Å². The van der Waals surface area contributed by atoms with Crippen LogP contribution in [0.2, 0.25) is 0 Å². The molecule has 2 N–H and O–H groups in total. The Kier molecular flexibility index (Phi) is 5.07. The van der Waals surface area contributed by atoms with E-state index in [4.69, 9.17) is 0 Å². The van der Waals surface area contributed by atoms with Crippen molar-refractivity contribution in [3.8, 4) is 0 Å². The van der Waals surface area contributed by atoms with Crippen LogP contribution < -0.4 is 5.32 Å². The standard InChI is InChI=1S/C21H24FN5O/c1-12-3-5-13(6-4-12)9-14-7-8-15(19(22)27-14)18(28)16-10-24-21-17(16)20(23-2)25-11-26-21/h7-8,10-13H,3-6,9H2,1-2H3,(H2,23,24,25,26). The highest BCUT2D eigenvalue weighted by Crippen LogP contribution is 2.31. The average Bonchev–Trinajstić information content (AvgIpc) is 3.14. The molecule has 7 heteroatoms. The van der Waals surface area contributed by atoms with Gasteiger partial charge in [-0.15, -0.1) is 0 Å². The maximum atomic E-state index is 14.7. The lowest BCUT2D eigenvalue weighted by Gasteiger charge is -2.25. The lowest BCUT2D eigenvalue weighted by atomic mass is 9.81. The van der Waals surface area contributed by atoms with Crippen molar-refractivity contribution in [2.24, 2.45) is 11.8 Å². The van der Waals surface area contributed by atoms with Crippen LogP contribution in [-0.4, -0.2) is 32.8 Å². The molecule has 146 valence electrons. The monoisotopic (exact) mass is 381 g/mol. The number of carbonyl (C=O) groups is 1. The van der Waals surface area contributed by atoms with E-state index in [1.165, 1.54) is 19.2 Å². The quantitative estimate of drug-likeness (QED) is 0.513. The summed E-state index contributed by atoms with van der Waals surface area (Å²) in [6.45, 7) is 2.28. The topological polar surface area (TPSA) is 83.6 Å². The first-order valence-corrected chi connectivity index (χ1v) is 9.76. The van der Waals surface area contributed by atoms with E-state index in [9.17, 15) is 9.18 Å². The summed E-state index contributed by atoms with van der Waals surface area (Å²) >= 11 is 0. The van der Waals surface area contributed by atoms with Crippen LogP contribution in [0.3, 0.4) is 0 Å². The van der Waals surface area contributed by atoms with Gasteiger partial charge >= 0.3 is 0 Å². The summed E-state index contributed by atoms with van der Waals surface area (Å²) < 4.78 is 14.7. The van der Waals surface area contributed by atoms with Crippen molar-refractivity contribution in [2.45, 2.75) is 39.0 Å². The number of hydrogen-bond donors (Lipinski definition) is 2. The van der Waals surface area contributed by atoms with Crippen LogP contribution in [0.1, 0.15) is 54.2 Å². The lowest BCUT2D eigenvalue weighted by Crippen LogP contribution is -2.16. The van der Waals surface area contributed by atoms with Gasteiger partial charge in [0.1, 0.15) is 17.8 Å². The number of aromatic amines is 1. The fraction of sp³-hybridized carbons (Fsp3) is 0.429. The SMILES string of the molecule is CNc1ncnc2[nH]cc(C(=O)c3ccc(CC4CCC(C)CC4)nc3F)c12. The highest BCUT2D eigenvalue weighted by Gasteiger charge is 2.23. The summed E-state index contributed by atoms with van der Waals surface area (Å²) in [5.74, 6) is 0.702. The number of fused-ring (bicyclic) bond motifs is 1. The number of H-pyrrole nitrogens is 1. The molecule has 3 aromatic heterocycles. The number of anilines is 1. The van der Waals surface area contributed by atoms with Crippen LogP contribution in [-0.2, 0) is 6.42 Å². The van der Waals surface area contributed by atoms with Gasteiger partial charge in [-0.2, -0.15) is 4.39 Å². The Morgan fingerprint density at radius 2 is 2.00 bits per heavy atom. The number of aromatic nitrogens is 4. The van der Waals surface area contributed by atoms with Gasteiger partial charge in [0.25, 0.3) is 0 Å². The van der Waals surface area contributed by atoms with Crippen LogP contribution >= 0.6 is 0 Å². The maximum Gasteiger partial charge on any atom is 0.224 e. The van der Waals surface area contributed by atoms with Gasteiger partial charge in [-0.25, -0.2) is 15.0 Å². The van der Waals surface area contributed by atoms with Gasteiger partial charge in [-0.05, 0) is 43.2 Å². The summed E-state index contributed by atoms with van der Waals surface area (Å²) in [5.41, 5.74) is 1.54. The Bertz CT molecular complexity index is 1010. The zero-order valence-electron chi connectivity index (χ0n) is 16.1. The van der Waals surface area contributed by atoms with Gasteiger partial charge in [-0.1, -0.05) is 19.8 Å². The molecule has 0 unspecified atom stereocenters. The molecule has 28 heavy (non-hydrogen) atoms. The predicted octanol–water partition coefficient (Wildman–Crippen LogP) is 4.13. The van der Waals surface area contributed by atoms with E-state index in [0.717, 1.165) is 25.2 Å². The molecule has 4 rings (SSSR count). The number of hydrogen-bond acceptors (Lipinski definition) is 5. The fourth-order valence-electron chi connectivity index (χ4n) is 4.06. The van der Waals surface area contributed by atoms with Crippen LogP contribution in [0.15, 0.2) is 24.7 Å². The van der Waals surface area contributed by atoms with E-state index >= 15 is 0 Å². The van der Waals surface area contributed by atoms with E-state index in [2.05, 4.69) is 32.2 Å². The zero-order valence-corrected chi connectivity index (χ0v) is 16.1. The molecule has 0 spiro atoms. The molecule has 3 aromatic rings. The Morgan fingerprint density at radius 1 is 1.21 bits per heavy atom. The molecule has 1 aliphatic rings. The number of pyridine rings is 1. The van der Waals surface area contributed by atoms with Crippen molar-refractivity contribution < 1.29 is 9.18 Å². The van der Waals surface area contributed by atoms with E-state index in [1.807, 2.05) is 0 Å². The molecule has 3 heterocycles. The van der Waals surface area contributed by atoms with Gasteiger partial charge in [0.15, 0.2) is 5.78 Å². The van der Waals surface area contributed by atoms with Crippen molar-refractivity contribution >= 4 is 22.6 Å². The van der Waals surface area contributed by atoms with Crippen molar-refractivity contribution in [2.75, 3.05) is 12.4 Å². The molecule has 1 saturated carbocycles. The molecule has 6 nitrogen and oxygen atoms in total. The fourth-order valence-corrected chi connectivity index (χ4v) is 4.06. The lowest BCUT2D eigenvalue weighted by molar-refractivity contribution is 0.103. The first-order chi connectivity index (χ1) is 13.6. The third-order valence-electron chi connectivity index (χ3n) is 5.74. The zero-order chi connectivity index (χ0) is 19.7. The van der Waals surface area contributed by atoms with Crippen molar-refractivity contribution in [1.82, 2.24) is 19.9 Å². The van der Waals surface area contributed by atoms with Gasteiger partial charge in [-0.3, -0.25) is 4.79 Å². The molecule has 1 fully saturated rings. The second kappa shape index (κ2) is 7.66. The van der Waals surface area contributed by atoms with Gasteiger partial charge in [0.05, 0.1) is 16.5 Å². The highest BCUT2D eigenvalue weighted by molar-refractivity contribution is 6.17. The molecular weight excluding hydrogens is 357 g/mol. The van der Waals surface area contributed by atoms with Crippen LogP contribution in [0.4, 0.5) is 10.2 Å². The molecular formula is C21H24FN5O. The van der Waals surface area contributed by atoms with Crippen LogP contribution in [0.5, 0.6) is 0 Å². The first-order valence-electron chi connectivity index (χ1n) is 9.76. The van der Waals surface area contributed by atoms with Crippen LogP contribution in [0.25, 0.3) is 11.0 Å². The molecule has 0 aromatic carbocycles. The molecule has 0 bridgehead atoms. The third kappa shape index (κ3) is 3.48. The minimum atomic E-state index is -0.719. The Balaban J connectivity index is 1.59. The third-order valence-corrected chi connectivity index (χ3v) is 5.74. The first kappa shape index (κ1) is 18.5. The van der Waals surface area contributed by atoms with E-state index in [0.29, 0.717) is 34.0 Å². The summed E-state index contributed by atoms with van der Waals surface area (Å²) in [6.07, 6.45) is 8.48. The highest BCUT2D eigenvalue weighted by atomic mass is 19.1. The number of nitrogens with one attached hydrogen (secondary N) is 2. The number of rotatable bonds is 5. The predicted molar refractivity (Wildman–Crippen MR) is 106 cm³/mol. The molecule has 0 aliphatic heterocycles. The molecule has 0 radical (unpaired) electrons. The van der Waals surface area contributed by atoms with E-state index in [-0.39, 0.29) is 5.56 Å². The minimum Gasteiger partial charge on any atom is -0.372 e. The molecule has 1 aliphatic carbocycles. The second-order valence-electron chi connectivity index (χ2n) is 7.70. The number of carbonyl (C=O) groups excluding carboxylic acids is 1. The largest absolute Gasteiger partial charge is 0.372 e. The number of ketones is 1. The van der Waals surface area contributed by atoms with E-state index in [1.54, 1.807) is 25.4 Å². The molecule has 0 atom stereocenters. The van der Waals surface area contributed by atoms with Crippen LogP contribution in [0, 0.1) is 17.8 Å². The van der Waals surface area contributed by atoms with E-state index < -0.39 is 11.7 Å². The van der Waals surface area contributed by atoms with Gasteiger partial charge in [0, 0.05) is 18.9 Å². The summed E-state index contributed by atoms with van der Waals surface area (Å²) in [5, 5.41) is 3.49. The number of halogens is 1. The number of nitrogens with zero attached hydrogens (tertiary/aromatic N) is 3. The summed E-state index contributed by atoms with van der Waals surface area (Å²) in [4.78, 5) is 28.3. The molecule has 0 amide bonds. The summed E-state index contributed by atoms with van der Waals surface area (Å²) in [6, 6.07) is 3.33. The van der Waals surface area contributed by atoms with Crippen molar-refractivity contribution in [1.29, 1.82) is 0 Å². The second-order valence-corrected chi connectivity index (χ2v) is 7.70.